The topological polar surface area (TPSA) is 74.8 Å². The predicted molar refractivity (Wildman–Crippen MR) is 142 cm³/mol. The quantitative estimate of drug-likeness (QED) is 0.540. The van der Waals surface area contributed by atoms with Crippen molar-refractivity contribution in [1.82, 2.24) is 20.1 Å². The lowest BCUT2D eigenvalue weighted by molar-refractivity contribution is -0.125. The third-order valence-corrected chi connectivity index (χ3v) is 8.29. The summed E-state index contributed by atoms with van der Waals surface area (Å²) in [6.07, 6.45) is 5.26. The molecule has 4 heterocycles. The molecule has 2 aromatic carbocycles. The summed E-state index contributed by atoms with van der Waals surface area (Å²) in [5, 5.41) is 5.40. The van der Waals surface area contributed by atoms with Gasteiger partial charge in [-0.05, 0) is 53.8 Å². The first-order valence-electron chi connectivity index (χ1n) is 13.4. The summed E-state index contributed by atoms with van der Waals surface area (Å²) >= 11 is 0. The summed E-state index contributed by atoms with van der Waals surface area (Å²) in [4.78, 5) is 34.8. The molecule has 4 atom stereocenters. The summed E-state index contributed by atoms with van der Waals surface area (Å²) in [5.74, 6) is 1.19. The zero-order valence-corrected chi connectivity index (χ0v) is 21.1. The van der Waals surface area contributed by atoms with E-state index in [0.717, 1.165) is 67.5 Å². The largest absolute Gasteiger partial charge is 0.381 e. The Hall–Kier alpha value is -3.29. The first kappa shape index (κ1) is 24.1. The van der Waals surface area contributed by atoms with E-state index in [2.05, 4.69) is 27.3 Å². The molecule has 0 spiro atoms. The van der Waals surface area contributed by atoms with Crippen LogP contribution in [0.4, 0.5) is 0 Å². The van der Waals surface area contributed by atoms with Crippen LogP contribution in [0.1, 0.15) is 34.8 Å². The Balaban J connectivity index is 1.04. The highest BCUT2D eigenvalue weighted by Gasteiger charge is 2.41. The van der Waals surface area contributed by atoms with Crippen LogP contribution in [0.5, 0.6) is 0 Å². The standard InChI is InChI=1S/C30H34N4O3/c35-29(24-10-13-37-20-24)32-28(22-4-2-1-3-5-22)9-12-33-16-26-18-34(19-27(26)17-33)30(36)23-7-6-21-8-11-31-15-25(21)14-23/h1-8,11,14-15,24,26-28H,9-10,12-13,16-20H2,(H,32,35)/t24?,26-,27?,28?/m0/s1. The first-order chi connectivity index (χ1) is 18.1. The molecule has 3 aliphatic heterocycles. The number of fused-ring (bicyclic) bond motifs is 2. The molecule has 3 aromatic rings. The molecular weight excluding hydrogens is 464 g/mol. The molecule has 0 saturated carbocycles. The highest BCUT2D eigenvalue weighted by Crippen LogP contribution is 2.33. The van der Waals surface area contributed by atoms with E-state index in [1.807, 2.05) is 53.6 Å². The van der Waals surface area contributed by atoms with Crippen molar-refractivity contribution < 1.29 is 14.3 Å². The number of ether oxygens (including phenoxy) is 1. The molecular formula is C30H34N4O3. The van der Waals surface area contributed by atoms with E-state index >= 15 is 0 Å². The Morgan fingerprint density at radius 2 is 1.81 bits per heavy atom. The zero-order chi connectivity index (χ0) is 25.2. The minimum atomic E-state index is -0.0419. The zero-order valence-electron chi connectivity index (χ0n) is 21.1. The fourth-order valence-electron chi connectivity index (χ4n) is 6.19. The van der Waals surface area contributed by atoms with Crippen LogP contribution in [0.15, 0.2) is 67.0 Å². The van der Waals surface area contributed by atoms with E-state index in [4.69, 9.17) is 4.74 Å². The smallest absolute Gasteiger partial charge is 0.253 e. The van der Waals surface area contributed by atoms with Crippen molar-refractivity contribution in [3.8, 4) is 0 Å². The number of aromatic nitrogens is 1. The van der Waals surface area contributed by atoms with Crippen LogP contribution in [0.25, 0.3) is 10.8 Å². The van der Waals surface area contributed by atoms with Gasteiger partial charge in [-0.1, -0.05) is 36.4 Å². The number of amides is 2. The lowest BCUT2D eigenvalue weighted by Crippen LogP contribution is -2.37. The molecule has 3 unspecified atom stereocenters. The van der Waals surface area contributed by atoms with E-state index < -0.39 is 0 Å². The number of benzene rings is 2. The average molecular weight is 499 g/mol. The Bertz CT molecular complexity index is 1250. The summed E-state index contributed by atoms with van der Waals surface area (Å²) in [7, 11) is 0. The monoisotopic (exact) mass is 498 g/mol. The average Bonchev–Trinajstić information content (AvgIpc) is 3.68. The second-order valence-corrected chi connectivity index (χ2v) is 10.7. The molecule has 0 bridgehead atoms. The maximum Gasteiger partial charge on any atom is 0.253 e. The van der Waals surface area contributed by atoms with Gasteiger partial charge in [0.1, 0.15) is 0 Å². The predicted octanol–water partition coefficient (Wildman–Crippen LogP) is 3.52. The number of nitrogens with one attached hydrogen (secondary N) is 1. The van der Waals surface area contributed by atoms with Crippen molar-refractivity contribution in [2.24, 2.45) is 17.8 Å². The Morgan fingerprint density at radius 1 is 1.00 bits per heavy atom. The third kappa shape index (κ3) is 5.24. The molecule has 3 saturated heterocycles. The Labute approximate surface area is 217 Å². The molecule has 3 aliphatic rings. The number of carbonyl (C=O) groups is 2. The molecule has 7 nitrogen and oxygen atoms in total. The van der Waals surface area contributed by atoms with Gasteiger partial charge in [0.05, 0.1) is 18.6 Å². The minimum Gasteiger partial charge on any atom is -0.381 e. The number of hydrogen-bond acceptors (Lipinski definition) is 5. The van der Waals surface area contributed by atoms with Crippen LogP contribution in [0.3, 0.4) is 0 Å². The second-order valence-electron chi connectivity index (χ2n) is 10.7. The number of nitrogens with zero attached hydrogens (tertiary/aromatic N) is 3. The number of rotatable bonds is 7. The summed E-state index contributed by atoms with van der Waals surface area (Å²) in [5.41, 5.74) is 1.89. The Kier molecular flexibility index (Phi) is 6.89. The van der Waals surface area contributed by atoms with Gasteiger partial charge in [0.15, 0.2) is 0 Å². The molecule has 0 radical (unpaired) electrons. The van der Waals surface area contributed by atoms with Crippen molar-refractivity contribution >= 4 is 22.6 Å². The Morgan fingerprint density at radius 3 is 2.57 bits per heavy atom. The van der Waals surface area contributed by atoms with Crippen molar-refractivity contribution in [3.63, 3.8) is 0 Å². The van der Waals surface area contributed by atoms with Gasteiger partial charge in [0.25, 0.3) is 5.91 Å². The van der Waals surface area contributed by atoms with E-state index in [1.54, 1.807) is 6.20 Å². The van der Waals surface area contributed by atoms with Crippen LogP contribution in [0, 0.1) is 17.8 Å². The minimum absolute atomic E-state index is 0.00444. The molecule has 1 aromatic heterocycles. The van der Waals surface area contributed by atoms with Gasteiger partial charge in [-0.15, -0.1) is 0 Å². The van der Waals surface area contributed by atoms with E-state index in [0.29, 0.717) is 25.0 Å². The van der Waals surface area contributed by atoms with Gasteiger partial charge in [-0.25, -0.2) is 0 Å². The molecule has 37 heavy (non-hydrogen) atoms. The fraction of sp³-hybridized carbons (Fsp3) is 0.433. The number of carbonyl (C=O) groups excluding carboxylic acids is 2. The maximum absolute atomic E-state index is 13.2. The van der Waals surface area contributed by atoms with Crippen LogP contribution in [-0.2, 0) is 9.53 Å². The van der Waals surface area contributed by atoms with Crippen LogP contribution in [-0.4, -0.2) is 72.5 Å². The molecule has 1 N–H and O–H groups in total. The second kappa shape index (κ2) is 10.6. The summed E-state index contributed by atoms with van der Waals surface area (Å²) in [6, 6.07) is 18.1. The highest BCUT2D eigenvalue weighted by molar-refractivity contribution is 5.98. The molecule has 3 fully saturated rings. The van der Waals surface area contributed by atoms with Crippen LogP contribution >= 0.6 is 0 Å². The highest BCUT2D eigenvalue weighted by atomic mass is 16.5. The first-order valence-corrected chi connectivity index (χ1v) is 13.4. The molecule has 192 valence electrons. The fourth-order valence-corrected chi connectivity index (χ4v) is 6.19. The number of hydrogen-bond donors (Lipinski definition) is 1. The van der Waals surface area contributed by atoms with Crippen molar-refractivity contribution in [2.45, 2.75) is 18.9 Å². The van der Waals surface area contributed by atoms with Gasteiger partial charge in [-0.2, -0.15) is 0 Å². The summed E-state index contributed by atoms with van der Waals surface area (Å²) in [6.45, 7) is 5.75. The normalized spacial score (nSPS) is 24.3. The lowest BCUT2D eigenvalue weighted by atomic mass is 10.0. The van der Waals surface area contributed by atoms with Gasteiger partial charge in [0.2, 0.25) is 5.91 Å². The van der Waals surface area contributed by atoms with E-state index in [-0.39, 0.29) is 23.8 Å². The van der Waals surface area contributed by atoms with Crippen molar-refractivity contribution in [3.05, 3.63) is 78.1 Å². The third-order valence-electron chi connectivity index (χ3n) is 8.29. The van der Waals surface area contributed by atoms with E-state index in [9.17, 15) is 9.59 Å². The van der Waals surface area contributed by atoms with Gasteiger partial charge < -0.3 is 19.9 Å². The van der Waals surface area contributed by atoms with Crippen molar-refractivity contribution in [2.75, 3.05) is 45.9 Å². The SMILES string of the molecule is O=C(NC(CCN1CC2CN(C(=O)c3ccc4ccncc4c3)C[C@@H]2C1)c1ccccc1)C1CCOC1. The van der Waals surface area contributed by atoms with Gasteiger partial charge in [-0.3, -0.25) is 14.6 Å². The molecule has 2 amide bonds. The van der Waals surface area contributed by atoms with E-state index in [1.165, 1.54) is 0 Å². The molecule has 7 heteroatoms. The van der Waals surface area contributed by atoms with Crippen LogP contribution in [0.2, 0.25) is 0 Å². The lowest BCUT2D eigenvalue weighted by Gasteiger charge is -2.25. The van der Waals surface area contributed by atoms with Crippen molar-refractivity contribution in [1.29, 1.82) is 0 Å². The summed E-state index contributed by atoms with van der Waals surface area (Å²) < 4.78 is 5.42. The molecule has 0 aliphatic carbocycles. The maximum atomic E-state index is 13.2. The number of likely N-dealkylation sites (tertiary alicyclic amines) is 2. The molecule has 6 rings (SSSR count). The van der Waals surface area contributed by atoms with Crippen LogP contribution < -0.4 is 5.32 Å². The number of pyridine rings is 1. The van der Waals surface area contributed by atoms with Gasteiger partial charge >= 0.3 is 0 Å². The van der Waals surface area contributed by atoms with Gasteiger partial charge in [0, 0.05) is 62.7 Å².